The minimum atomic E-state index is 0.572. The number of hydrogen-bond acceptors (Lipinski definition) is 4. The van der Waals surface area contributed by atoms with Gasteiger partial charge < -0.3 is 4.90 Å². The number of halogens is 1. The molecule has 0 bridgehead atoms. The molecule has 0 spiro atoms. The Hall–Kier alpha value is -1.36. The summed E-state index contributed by atoms with van der Waals surface area (Å²) in [5.41, 5.74) is 0.835. The Morgan fingerprint density at radius 2 is 2.27 bits per heavy atom. The fourth-order valence-electron chi connectivity index (χ4n) is 1.49. The van der Waals surface area contributed by atoms with Gasteiger partial charge in [-0.2, -0.15) is 5.10 Å². The maximum atomic E-state index is 5.70. The van der Waals surface area contributed by atoms with Crippen LogP contribution >= 0.6 is 11.6 Å². The van der Waals surface area contributed by atoms with Gasteiger partial charge in [-0.25, -0.2) is 9.97 Å². The summed E-state index contributed by atoms with van der Waals surface area (Å²) in [7, 11) is 3.82. The molecule has 0 radical (unpaired) electrons. The molecule has 0 aliphatic heterocycles. The van der Waals surface area contributed by atoms with E-state index in [1.807, 2.05) is 19.0 Å². The van der Waals surface area contributed by atoms with Gasteiger partial charge in [0, 0.05) is 26.5 Å². The van der Waals surface area contributed by atoms with Crippen molar-refractivity contribution in [1.82, 2.24) is 19.7 Å². The molecule has 2 aromatic rings. The lowest BCUT2D eigenvalue weighted by Gasteiger charge is -2.16. The van der Waals surface area contributed by atoms with Crippen molar-refractivity contribution >= 4 is 28.5 Å². The van der Waals surface area contributed by atoms with E-state index < -0.39 is 0 Å². The van der Waals surface area contributed by atoms with E-state index in [-0.39, 0.29) is 0 Å². The number of hydrogen-bond donors (Lipinski definition) is 0. The normalized spacial score (nSPS) is 10.9. The summed E-state index contributed by atoms with van der Waals surface area (Å²) in [5, 5.41) is 5.10. The van der Waals surface area contributed by atoms with E-state index in [1.54, 1.807) is 17.2 Å². The number of alkyl halides is 1. The van der Waals surface area contributed by atoms with Gasteiger partial charge >= 0.3 is 0 Å². The monoisotopic (exact) mass is 225 g/mol. The molecule has 0 atom stereocenters. The van der Waals surface area contributed by atoms with Crippen molar-refractivity contribution in [2.45, 2.75) is 0 Å². The molecule has 2 heterocycles. The molecule has 2 rings (SSSR count). The quantitative estimate of drug-likeness (QED) is 0.733. The van der Waals surface area contributed by atoms with Crippen LogP contribution in [0.2, 0.25) is 0 Å². The third kappa shape index (κ3) is 1.74. The fraction of sp³-hybridized carbons (Fsp3) is 0.444. The lowest BCUT2D eigenvalue weighted by molar-refractivity contribution is 0.785. The second-order valence-corrected chi connectivity index (χ2v) is 3.69. The van der Waals surface area contributed by atoms with Crippen LogP contribution in [0.4, 0.5) is 5.82 Å². The first-order chi connectivity index (χ1) is 7.24. The lowest BCUT2D eigenvalue weighted by Crippen LogP contribution is -2.21. The van der Waals surface area contributed by atoms with Gasteiger partial charge in [0.15, 0.2) is 5.65 Å². The van der Waals surface area contributed by atoms with Crippen molar-refractivity contribution in [2.24, 2.45) is 7.05 Å². The zero-order valence-corrected chi connectivity index (χ0v) is 9.44. The molecular weight excluding hydrogens is 214 g/mol. The smallest absolute Gasteiger partial charge is 0.163 e. The van der Waals surface area contributed by atoms with Crippen molar-refractivity contribution in [3.8, 4) is 0 Å². The molecule has 0 unspecified atom stereocenters. The topological polar surface area (TPSA) is 46.8 Å². The molecule has 0 saturated heterocycles. The van der Waals surface area contributed by atoms with Crippen LogP contribution in [0.15, 0.2) is 12.5 Å². The number of aryl methyl sites for hydroxylation is 1. The average molecular weight is 226 g/mol. The average Bonchev–Trinajstić information content (AvgIpc) is 2.61. The van der Waals surface area contributed by atoms with Crippen LogP contribution in [0, 0.1) is 0 Å². The van der Waals surface area contributed by atoms with Crippen LogP contribution in [-0.2, 0) is 7.05 Å². The van der Waals surface area contributed by atoms with Gasteiger partial charge in [0.1, 0.15) is 12.1 Å². The second-order valence-electron chi connectivity index (χ2n) is 3.31. The Bertz CT molecular complexity index is 466. The molecule has 0 aromatic carbocycles. The molecule has 0 fully saturated rings. The van der Waals surface area contributed by atoms with Crippen LogP contribution < -0.4 is 4.90 Å². The fourth-order valence-corrected chi connectivity index (χ4v) is 1.74. The summed E-state index contributed by atoms with van der Waals surface area (Å²) in [6.45, 7) is 0.753. The van der Waals surface area contributed by atoms with Gasteiger partial charge in [-0.15, -0.1) is 11.6 Å². The maximum Gasteiger partial charge on any atom is 0.163 e. The standard InChI is InChI=1S/C9H12ClN5/c1-14(4-3-10)8-7-5-13-15(2)9(7)12-6-11-8/h5-6H,3-4H2,1-2H3. The number of fused-ring (bicyclic) bond motifs is 1. The number of anilines is 1. The van der Waals surface area contributed by atoms with E-state index in [0.717, 1.165) is 23.4 Å². The van der Waals surface area contributed by atoms with E-state index in [4.69, 9.17) is 11.6 Å². The molecule has 0 saturated carbocycles. The first-order valence-electron chi connectivity index (χ1n) is 4.64. The zero-order valence-electron chi connectivity index (χ0n) is 8.68. The summed E-state index contributed by atoms with van der Waals surface area (Å²) in [6, 6.07) is 0. The van der Waals surface area contributed by atoms with E-state index in [2.05, 4.69) is 15.1 Å². The molecule has 0 aliphatic carbocycles. The second kappa shape index (κ2) is 4.02. The minimum absolute atomic E-state index is 0.572. The van der Waals surface area contributed by atoms with Gasteiger partial charge in [0.05, 0.1) is 11.6 Å². The van der Waals surface area contributed by atoms with E-state index in [1.165, 1.54) is 0 Å². The van der Waals surface area contributed by atoms with E-state index >= 15 is 0 Å². The summed E-state index contributed by atoms with van der Waals surface area (Å²) < 4.78 is 1.73. The molecule has 5 nitrogen and oxygen atoms in total. The van der Waals surface area contributed by atoms with Gasteiger partial charge in [0.25, 0.3) is 0 Å². The predicted molar refractivity (Wildman–Crippen MR) is 60.3 cm³/mol. The zero-order chi connectivity index (χ0) is 10.8. The lowest BCUT2D eigenvalue weighted by atomic mass is 10.3. The van der Waals surface area contributed by atoms with Crippen molar-refractivity contribution < 1.29 is 0 Å². The van der Waals surface area contributed by atoms with Crippen molar-refractivity contribution in [2.75, 3.05) is 24.4 Å². The van der Waals surface area contributed by atoms with Crippen molar-refractivity contribution in [3.05, 3.63) is 12.5 Å². The van der Waals surface area contributed by atoms with E-state index in [9.17, 15) is 0 Å². The van der Waals surface area contributed by atoms with Crippen LogP contribution in [0.25, 0.3) is 11.0 Å². The highest BCUT2D eigenvalue weighted by molar-refractivity contribution is 6.18. The van der Waals surface area contributed by atoms with Crippen LogP contribution in [0.3, 0.4) is 0 Å². The first kappa shape index (κ1) is 10.2. The van der Waals surface area contributed by atoms with Crippen LogP contribution in [0.5, 0.6) is 0 Å². The highest BCUT2D eigenvalue weighted by Crippen LogP contribution is 2.20. The Morgan fingerprint density at radius 1 is 1.47 bits per heavy atom. The highest BCUT2D eigenvalue weighted by Gasteiger charge is 2.10. The molecule has 0 aliphatic rings. The molecule has 6 heteroatoms. The predicted octanol–water partition coefficient (Wildman–Crippen LogP) is 1.04. The molecule has 15 heavy (non-hydrogen) atoms. The number of aromatic nitrogens is 4. The molecule has 0 amide bonds. The third-order valence-electron chi connectivity index (χ3n) is 2.29. The molecule has 80 valence electrons. The van der Waals surface area contributed by atoms with Crippen LogP contribution in [-0.4, -0.2) is 39.2 Å². The van der Waals surface area contributed by atoms with Gasteiger partial charge in [0.2, 0.25) is 0 Å². The number of nitrogens with zero attached hydrogens (tertiary/aromatic N) is 5. The van der Waals surface area contributed by atoms with Crippen molar-refractivity contribution in [3.63, 3.8) is 0 Å². The summed E-state index contributed by atoms with van der Waals surface area (Å²) in [5.74, 6) is 1.44. The summed E-state index contributed by atoms with van der Waals surface area (Å²) >= 11 is 5.70. The van der Waals surface area contributed by atoms with Gasteiger partial charge in [-0.1, -0.05) is 0 Å². The van der Waals surface area contributed by atoms with Crippen LogP contribution in [0.1, 0.15) is 0 Å². The van der Waals surface area contributed by atoms with Gasteiger partial charge in [-0.3, -0.25) is 4.68 Å². The Balaban J connectivity index is 2.51. The SMILES string of the molecule is CN(CCCl)c1ncnc2c1cnn2C. The number of rotatable bonds is 3. The third-order valence-corrected chi connectivity index (χ3v) is 2.46. The Kier molecular flexibility index (Phi) is 2.73. The van der Waals surface area contributed by atoms with Gasteiger partial charge in [-0.05, 0) is 0 Å². The summed E-state index contributed by atoms with van der Waals surface area (Å²) in [4.78, 5) is 10.4. The minimum Gasteiger partial charge on any atom is -0.358 e. The van der Waals surface area contributed by atoms with E-state index in [0.29, 0.717) is 5.88 Å². The molecule has 0 N–H and O–H groups in total. The maximum absolute atomic E-state index is 5.70. The Morgan fingerprint density at radius 3 is 3.00 bits per heavy atom. The first-order valence-corrected chi connectivity index (χ1v) is 5.17. The molecular formula is C9H12ClN5. The Labute approximate surface area is 92.7 Å². The van der Waals surface area contributed by atoms with Crippen molar-refractivity contribution in [1.29, 1.82) is 0 Å². The summed E-state index contributed by atoms with van der Waals surface area (Å²) in [6.07, 6.45) is 3.32. The molecule has 2 aromatic heterocycles. The highest BCUT2D eigenvalue weighted by atomic mass is 35.5. The largest absolute Gasteiger partial charge is 0.358 e.